The molecule has 108 valence electrons. The van der Waals surface area contributed by atoms with Crippen LogP contribution in [0.15, 0.2) is 36.5 Å². The zero-order chi connectivity index (χ0) is 15.4. The quantitative estimate of drug-likeness (QED) is 0.588. The van der Waals surface area contributed by atoms with Gasteiger partial charge in [0.15, 0.2) is 5.11 Å². The molecule has 6 heteroatoms. The van der Waals surface area contributed by atoms with Gasteiger partial charge in [-0.1, -0.05) is 17.7 Å². The summed E-state index contributed by atoms with van der Waals surface area (Å²) in [5, 5.41) is 5.83. The first-order valence-electron chi connectivity index (χ1n) is 6.27. The van der Waals surface area contributed by atoms with Crippen molar-refractivity contribution in [2.75, 3.05) is 5.32 Å². The van der Waals surface area contributed by atoms with Crippen LogP contribution in [0.25, 0.3) is 0 Å². The number of hydrogen-bond acceptors (Lipinski definition) is 3. The number of thiocarbonyl (C=S) groups is 1. The highest BCUT2D eigenvalue weighted by Gasteiger charge is 2.09. The number of pyridine rings is 1. The van der Waals surface area contributed by atoms with Gasteiger partial charge >= 0.3 is 0 Å². The molecule has 1 amide bonds. The average molecular weight is 411 g/mol. The van der Waals surface area contributed by atoms with E-state index in [0.717, 1.165) is 14.7 Å². The summed E-state index contributed by atoms with van der Waals surface area (Å²) in [6.45, 7) is 3.87. The standard InChI is InChI=1S/C15H14IN3OS/c1-9-4-3-5-11(6-9)14(20)19-15(21)18-13-10(2)7-12(16)8-17-13/h3-8H,1-2H3,(H2,17,18,19,20,21). The summed E-state index contributed by atoms with van der Waals surface area (Å²) in [6, 6.07) is 9.32. The lowest BCUT2D eigenvalue weighted by atomic mass is 10.1. The molecule has 0 saturated carbocycles. The first-order valence-corrected chi connectivity index (χ1v) is 7.75. The van der Waals surface area contributed by atoms with Crippen LogP contribution in [0.2, 0.25) is 0 Å². The van der Waals surface area contributed by atoms with E-state index in [9.17, 15) is 4.79 Å². The fourth-order valence-electron chi connectivity index (χ4n) is 1.77. The predicted molar refractivity (Wildman–Crippen MR) is 96.6 cm³/mol. The number of carbonyl (C=O) groups is 1. The Morgan fingerprint density at radius 1 is 1.29 bits per heavy atom. The molecule has 0 radical (unpaired) electrons. The normalized spacial score (nSPS) is 10.0. The Morgan fingerprint density at radius 2 is 2.05 bits per heavy atom. The van der Waals surface area contributed by atoms with Gasteiger partial charge in [-0.2, -0.15) is 0 Å². The molecule has 0 fully saturated rings. The van der Waals surface area contributed by atoms with Crippen molar-refractivity contribution in [3.63, 3.8) is 0 Å². The van der Waals surface area contributed by atoms with Gasteiger partial charge in [-0.3, -0.25) is 10.1 Å². The molecule has 1 aromatic carbocycles. The van der Waals surface area contributed by atoms with Crippen LogP contribution >= 0.6 is 34.8 Å². The van der Waals surface area contributed by atoms with Gasteiger partial charge in [0.25, 0.3) is 5.91 Å². The highest BCUT2D eigenvalue weighted by Crippen LogP contribution is 2.14. The number of rotatable bonds is 2. The van der Waals surface area contributed by atoms with Crippen LogP contribution in [0.4, 0.5) is 5.82 Å². The zero-order valence-electron chi connectivity index (χ0n) is 11.6. The molecule has 2 rings (SSSR count). The van der Waals surface area contributed by atoms with Crippen molar-refractivity contribution in [1.29, 1.82) is 0 Å². The van der Waals surface area contributed by atoms with Crippen LogP contribution in [-0.2, 0) is 0 Å². The van der Waals surface area contributed by atoms with Crippen molar-refractivity contribution in [3.05, 3.63) is 56.8 Å². The Balaban J connectivity index is 2.03. The van der Waals surface area contributed by atoms with Gasteiger partial charge in [0, 0.05) is 15.3 Å². The lowest BCUT2D eigenvalue weighted by Gasteiger charge is -2.11. The summed E-state index contributed by atoms with van der Waals surface area (Å²) in [7, 11) is 0. The molecule has 2 aromatic rings. The predicted octanol–water partition coefficient (Wildman–Crippen LogP) is 3.43. The van der Waals surface area contributed by atoms with E-state index in [1.54, 1.807) is 12.3 Å². The third-order valence-corrected chi connectivity index (χ3v) is 3.58. The highest BCUT2D eigenvalue weighted by atomic mass is 127. The number of nitrogens with one attached hydrogen (secondary N) is 2. The Labute approximate surface area is 142 Å². The molecule has 0 aliphatic rings. The summed E-state index contributed by atoms with van der Waals surface area (Å²) >= 11 is 7.35. The van der Waals surface area contributed by atoms with E-state index in [2.05, 4.69) is 38.2 Å². The van der Waals surface area contributed by atoms with E-state index in [-0.39, 0.29) is 11.0 Å². The zero-order valence-corrected chi connectivity index (χ0v) is 14.6. The molecular weight excluding hydrogens is 397 g/mol. The summed E-state index contributed by atoms with van der Waals surface area (Å²) in [5.41, 5.74) is 2.57. The maximum absolute atomic E-state index is 12.1. The average Bonchev–Trinajstić information content (AvgIpc) is 2.42. The minimum Gasteiger partial charge on any atom is -0.317 e. The van der Waals surface area contributed by atoms with Crippen molar-refractivity contribution in [3.8, 4) is 0 Å². The first-order chi connectivity index (χ1) is 9.95. The van der Waals surface area contributed by atoms with Gasteiger partial charge < -0.3 is 5.32 Å². The van der Waals surface area contributed by atoms with Crippen LogP contribution in [0.3, 0.4) is 0 Å². The minimum absolute atomic E-state index is 0.235. The Kier molecular flexibility index (Phi) is 5.24. The summed E-state index contributed by atoms with van der Waals surface area (Å²) in [5.74, 6) is 0.407. The highest BCUT2D eigenvalue weighted by molar-refractivity contribution is 14.1. The molecule has 1 heterocycles. The van der Waals surface area contributed by atoms with Gasteiger partial charge in [-0.25, -0.2) is 4.98 Å². The second kappa shape index (κ2) is 6.95. The lowest BCUT2D eigenvalue weighted by Crippen LogP contribution is -2.34. The van der Waals surface area contributed by atoms with E-state index in [0.29, 0.717) is 11.4 Å². The number of benzene rings is 1. The van der Waals surface area contributed by atoms with E-state index in [4.69, 9.17) is 12.2 Å². The SMILES string of the molecule is Cc1cccc(C(=O)NC(=S)Nc2ncc(I)cc2C)c1. The number of carbonyl (C=O) groups excluding carboxylic acids is 1. The summed E-state index contributed by atoms with van der Waals surface area (Å²) in [4.78, 5) is 16.3. The molecule has 0 aliphatic carbocycles. The van der Waals surface area contributed by atoms with Gasteiger partial charge in [0.05, 0.1) is 0 Å². The molecule has 0 atom stereocenters. The van der Waals surface area contributed by atoms with Crippen molar-refractivity contribution in [1.82, 2.24) is 10.3 Å². The number of nitrogens with zero attached hydrogens (tertiary/aromatic N) is 1. The Bertz CT molecular complexity index is 703. The topological polar surface area (TPSA) is 54.0 Å². The van der Waals surface area contributed by atoms with Crippen LogP contribution in [-0.4, -0.2) is 16.0 Å². The molecule has 4 nitrogen and oxygen atoms in total. The molecule has 21 heavy (non-hydrogen) atoms. The Morgan fingerprint density at radius 3 is 2.71 bits per heavy atom. The van der Waals surface area contributed by atoms with Crippen molar-refractivity contribution < 1.29 is 4.79 Å². The maximum atomic E-state index is 12.1. The van der Waals surface area contributed by atoms with E-state index in [1.165, 1.54) is 0 Å². The van der Waals surface area contributed by atoms with Crippen molar-refractivity contribution in [2.24, 2.45) is 0 Å². The second-order valence-corrected chi connectivity index (χ2v) is 6.25. The van der Waals surface area contributed by atoms with E-state index >= 15 is 0 Å². The van der Waals surface area contributed by atoms with Gasteiger partial charge in [-0.15, -0.1) is 0 Å². The number of aromatic nitrogens is 1. The number of amides is 1. The molecule has 0 aliphatic heterocycles. The van der Waals surface area contributed by atoms with Gasteiger partial charge in [-0.05, 0) is 72.4 Å². The molecule has 0 unspecified atom stereocenters. The van der Waals surface area contributed by atoms with Crippen molar-refractivity contribution in [2.45, 2.75) is 13.8 Å². The number of halogens is 1. The Hall–Kier alpha value is -1.54. The van der Waals surface area contributed by atoms with Crippen LogP contribution in [0, 0.1) is 17.4 Å². The fourth-order valence-corrected chi connectivity index (χ4v) is 2.57. The summed E-state index contributed by atoms with van der Waals surface area (Å²) in [6.07, 6.45) is 1.74. The monoisotopic (exact) mass is 411 g/mol. The third-order valence-electron chi connectivity index (χ3n) is 2.78. The fraction of sp³-hybridized carbons (Fsp3) is 0.133. The number of hydrogen-bond donors (Lipinski definition) is 2. The smallest absolute Gasteiger partial charge is 0.257 e. The van der Waals surface area contributed by atoms with Gasteiger partial charge in [0.1, 0.15) is 5.82 Å². The molecule has 2 N–H and O–H groups in total. The van der Waals surface area contributed by atoms with Crippen LogP contribution in [0.5, 0.6) is 0 Å². The van der Waals surface area contributed by atoms with Crippen molar-refractivity contribution >= 4 is 51.6 Å². The summed E-state index contributed by atoms with van der Waals surface area (Å²) < 4.78 is 1.05. The van der Waals surface area contributed by atoms with E-state index in [1.807, 2.05) is 38.1 Å². The molecule has 0 spiro atoms. The molecular formula is C15H14IN3OS. The van der Waals surface area contributed by atoms with Crippen LogP contribution < -0.4 is 10.6 Å². The number of aryl methyl sites for hydroxylation is 2. The van der Waals surface area contributed by atoms with E-state index < -0.39 is 0 Å². The van der Waals surface area contributed by atoms with Crippen LogP contribution in [0.1, 0.15) is 21.5 Å². The van der Waals surface area contributed by atoms with Gasteiger partial charge in [0.2, 0.25) is 0 Å². The maximum Gasteiger partial charge on any atom is 0.257 e. The second-order valence-electron chi connectivity index (χ2n) is 4.60. The first kappa shape index (κ1) is 15.8. The lowest BCUT2D eigenvalue weighted by molar-refractivity contribution is 0.0977. The third kappa shape index (κ3) is 4.47. The largest absolute Gasteiger partial charge is 0.317 e. The molecule has 1 aromatic heterocycles. The minimum atomic E-state index is -0.237. The molecule has 0 bridgehead atoms. The number of anilines is 1. The molecule has 0 saturated heterocycles.